The largest absolute Gasteiger partial charge is 0.393 e. The molecule has 0 spiro atoms. The molecule has 0 aliphatic carbocycles. The van der Waals surface area contributed by atoms with Crippen LogP contribution in [0.5, 0.6) is 0 Å². The number of aliphatic hydroxyl groups excluding tert-OH is 1. The molecule has 0 radical (unpaired) electrons. The summed E-state index contributed by atoms with van der Waals surface area (Å²) in [4.78, 5) is 14.2. The van der Waals surface area contributed by atoms with Crippen molar-refractivity contribution in [2.24, 2.45) is 0 Å². The lowest BCUT2D eigenvalue weighted by Gasteiger charge is -2.30. The van der Waals surface area contributed by atoms with Crippen LogP contribution in [0.2, 0.25) is 5.02 Å². The zero-order valence-corrected chi connectivity index (χ0v) is 11.5. The molecule has 1 fully saturated rings. The molecule has 0 bridgehead atoms. The average molecular weight is 271 g/mol. The number of aromatic nitrogens is 1. The highest BCUT2D eigenvalue weighted by Crippen LogP contribution is 2.21. The van der Waals surface area contributed by atoms with Crippen LogP contribution in [0.25, 0.3) is 0 Å². The van der Waals surface area contributed by atoms with Gasteiger partial charge in [0.25, 0.3) is 5.91 Å². The standard InChI is InChI=1S/C13H19ClN2O2/c1-9(2)16-8-10(14)7-12(16)13(18)15-5-3-11(17)4-6-15/h7-9,11,17H,3-6H2,1-2H3. The zero-order chi connectivity index (χ0) is 13.3. The molecular formula is C13H19ClN2O2. The van der Waals surface area contributed by atoms with Gasteiger partial charge in [-0.15, -0.1) is 0 Å². The monoisotopic (exact) mass is 270 g/mol. The van der Waals surface area contributed by atoms with E-state index < -0.39 is 0 Å². The summed E-state index contributed by atoms with van der Waals surface area (Å²) < 4.78 is 1.90. The Balaban J connectivity index is 2.18. The van der Waals surface area contributed by atoms with Crippen LogP contribution in [0.3, 0.4) is 0 Å². The molecule has 100 valence electrons. The minimum absolute atomic E-state index is 0.00231. The van der Waals surface area contributed by atoms with Crippen LogP contribution in [0.4, 0.5) is 0 Å². The molecule has 18 heavy (non-hydrogen) atoms. The first kappa shape index (κ1) is 13.4. The van der Waals surface area contributed by atoms with Gasteiger partial charge in [0.1, 0.15) is 5.69 Å². The Bertz CT molecular complexity index is 434. The predicted octanol–water partition coefficient (Wildman–Crippen LogP) is 2.32. The van der Waals surface area contributed by atoms with Gasteiger partial charge in [0.15, 0.2) is 0 Å². The highest BCUT2D eigenvalue weighted by atomic mass is 35.5. The van der Waals surface area contributed by atoms with Crippen LogP contribution in [0.1, 0.15) is 43.2 Å². The van der Waals surface area contributed by atoms with E-state index in [0.717, 1.165) is 0 Å². The Kier molecular flexibility index (Phi) is 3.97. The van der Waals surface area contributed by atoms with Crippen molar-refractivity contribution in [3.05, 3.63) is 23.0 Å². The first-order valence-corrected chi connectivity index (χ1v) is 6.71. The molecule has 0 saturated carbocycles. The van der Waals surface area contributed by atoms with Crippen molar-refractivity contribution in [3.63, 3.8) is 0 Å². The fourth-order valence-electron chi connectivity index (χ4n) is 2.28. The molecule has 0 unspecified atom stereocenters. The summed E-state index contributed by atoms with van der Waals surface area (Å²) in [6, 6.07) is 1.92. The number of rotatable bonds is 2. The number of piperidine rings is 1. The third kappa shape index (κ3) is 2.70. The SMILES string of the molecule is CC(C)n1cc(Cl)cc1C(=O)N1CCC(O)CC1. The third-order valence-electron chi connectivity index (χ3n) is 3.34. The Morgan fingerprint density at radius 2 is 2.06 bits per heavy atom. The van der Waals surface area contributed by atoms with Crippen LogP contribution < -0.4 is 0 Å². The number of likely N-dealkylation sites (tertiary alicyclic amines) is 1. The highest BCUT2D eigenvalue weighted by molar-refractivity contribution is 6.31. The maximum Gasteiger partial charge on any atom is 0.270 e. The van der Waals surface area contributed by atoms with Gasteiger partial charge in [-0.3, -0.25) is 4.79 Å². The van der Waals surface area contributed by atoms with Gasteiger partial charge in [-0.25, -0.2) is 0 Å². The second kappa shape index (κ2) is 5.33. The summed E-state index contributed by atoms with van der Waals surface area (Å²) in [5, 5.41) is 10.0. The van der Waals surface area contributed by atoms with Crippen molar-refractivity contribution in [3.8, 4) is 0 Å². The molecule has 2 heterocycles. The van der Waals surface area contributed by atoms with E-state index >= 15 is 0 Å². The molecule has 1 aromatic heterocycles. The van der Waals surface area contributed by atoms with Gasteiger partial charge in [0.05, 0.1) is 11.1 Å². The molecule has 0 atom stereocenters. The molecule has 4 nitrogen and oxygen atoms in total. The first-order chi connectivity index (χ1) is 8.49. The van der Waals surface area contributed by atoms with E-state index in [0.29, 0.717) is 36.6 Å². The minimum atomic E-state index is -0.269. The number of aliphatic hydroxyl groups is 1. The lowest BCUT2D eigenvalue weighted by atomic mass is 10.1. The molecule has 1 aromatic rings. The number of carbonyl (C=O) groups excluding carboxylic acids is 1. The van der Waals surface area contributed by atoms with E-state index in [1.54, 1.807) is 17.2 Å². The van der Waals surface area contributed by atoms with Crippen molar-refractivity contribution >= 4 is 17.5 Å². The van der Waals surface area contributed by atoms with E-state index in [9.17, 15) is 9.90 Å². The van der Waals surface area contributed by atoms with E-state index in [4.69, 9.17) is 11.6 Å². The lowest BCUT2D eigenvalue weighted by molar-refractivity contribution is 0.0536. The van der Waals surface area contributed by atoms with Crippen molar-refractivity contribution < 1.29 is 9.90 Å². The minimum Gasteiger partial charge on any atom is -0.393 e. The molecule has 1 aliphatic heterocycles. The Morgan fingerprint density at radius 1 is 1.44 bits per heavy atom. The fraction of sp³-hybridized carbons (Fsp3) is 0.615. The van der Waals surface area contributed by atoms with Crippen molar-refractivity contribution in [1.29, 1.82) is 0 Å². The number of halogens is 1. The second-order valence-electron chi connectivity index (χ2n) is 5.07. The van der Waals surface area contributed by atoms with Crippen LogP contribution in [0.15, 0.2) is 12.3 Å². The quantitative estimate of drug-likeness (QED) is 0.896. The molecular weight excluding hydrogens is 252 g/mol. The van der Waals surface area contributed by atoms with Crippen molar-refractivity contribution in [2.75, 3.05) is 13.1 Å². The van der Waals surface area contributed by atoms with Gasteiger partial charge in [-0.2, -0.15) is 0 Å². The maximum absolute atomic E-state index is 12.4. The third-order valence-corrected chi connectivity index (χ3v) is 3.55. The van der Waals surface area contributed by atoms with E-state index in [1.807, 2.05) is 18.4 Å². The molecule has 2 rings (SSSR count). The van der Waals surface area contributed by atoms with Gasteiger partial charge in [0, 0.05) is 25.3 Å². The predicted molar refractivity (Wildman–Crippen MR) is 71.0 cm³/mol. The van der Waals surface area contributed by atoms with Gasteiger partial charge in [-0.1, -0.05) is 11.6 Å². The molecule has 5 heteroatoms. The second-order valence-corrected chi connectivity index (χ2v) is 5.50. The number of hydrogen-bond donors (Lipinski definition) is 1. The summed E-state index contributed by atoms with van der Waals surface area (Å²) in [6.45, 7) is 5.27. The van der Waals surface area contributed by atoms with E-state index in [-0.39, 0.29) is 18.1 Å². The lowest BCUT2D eigenvalue weighted by Crippen LogP contribution is -2.40. The van der Waals surface area contributed by atoms with E-state index in [2.05, 4.69) is 0 Å². The van der Waals surface area contributed by atoms with Crippen molar-refractivity contribution in [1.82, 2.24) is 9.47 Å². The summed E-state index contributed by atoms with van der Waals surface area (Å²) in [6.07, 6.45) is 2.83. The molecule has 1 amide bonds. The Labute approximate surface area is 112 Å². The van der Waals surface area contributed by atoms with Crippen molar-refractivity contribution in [2.45, 2.75) is 38.8 Å². The zero-order valence-electron chi connectivity index (χ0n) is 10.8. The number of nitrogens with zero attached hydrogens (tertiary/aromatic N) is 2. The smallest absolute Gasteiger partial charge is 0.270 e. The highest BCUT2D eigenvalue weighted by Gasteiger charge is 2.25. The molecule has 1 saturated heterocycles. The Hall–Kier alpha value is -1.00. The van der Waals surface area contributed by atoms with Crippen LogP contribution in [0, 0.1) is 0 Å². The fourth-order valence-corrected chi connectivity index (χ4v) is 2.48. The van der Waals surface area contributed by atoms with Crippen LogP contribution in [-0.2, 0) is 0 Å². The molecule has 1 aliphatic rings. The van der Waals surface area contributed by atoms with Gasteiger partial charge in [-0.05, 0) is 32.8 Å². The van der Waals surface area contributed by atoms with Crippen LogP contribution >= 0.6 is 11.6 Å². The normalized spacial score (nSPS) is 17.5. The summed E-state index contributed by atoms with van der Waals surface area (Å²) in [5.41, 5.74) is 0.631. The van der Waals surface area contributed by atoms with Crippen LogP contribution in [-0.4, -0.2) is 39.7 Å². The van der Waals surface area contributed by atoms with E-state index in [1.165, 1.54) is 0 Å². The molecule has 0 aromatic carbocycles. The number of hydrogen-bond acceptors (Lipinski definition) is 2. The maximum atomic E-state index is 12.4. The summed E-state index contributed by atoms with van der Waals surface area (Å²) in [5.74, 6) is 0.00231. The topological polar surface area (TPSA) is 45.5 Å². The Morgan fingerprint density at radius 3 is 2.61 bits per heavy atom. The summed E-state index contributed by atoms with van der Waals surface area (Å²) in [7, 11) is 0. The number of amides is 1. The van der Waals surface area contributed by atoms with Gasteiger partial charge >= 0.3 is 0 Å². The number of carbonyl (C=O) groups is 1. The first-order valence-electron chi connectivity index (χ1n) is 6.33. The van der Waals surface area contributed by atoms with Gasteiger partial charge in [0.2, 0.25) is 0 Å². The average Bonchev–Trinajstić information content (AvgIpc) is 2.71. The molecule has 1 N–H and O–H groups in total. The van der Waals surface area contributed by atoms with Gasteiger partial charge < -0.3 is 14.6 Å². The summed E-state index contributed by atoms with van der Waals surface area (Å²) >= 11 is 5.98.